The summed E-state index contributed by atoms with van der Waals surface area (Å²) in [5, 5.41) is 11.9. The number of carboxylic acids is 1. The minimum atomic E-state index is -1.03. The van der Waals surface area contributed by atoms with Crippen molar-refractivity contribution >= 4 is 12.1 Å². The molecule has 2 rings (SSSR count). The molecule has 1 aromatic carbocycles. The molecule has 0 spiro atoms. The van der Waals surface area contributed by atoms with Crippen molar-refractivity contribution in [2.75, 3.05) is 7.11 Å². The number of hydrogen-bond acceptors (Lipinski definition) is 5. The Hall–Kier alpha value is -2.28. The lowest BCUT2D eigenvalue weighted by molar-refractivity contribution is -0.140. The van der Waals surface area contributed by atoms with E-state index < -0.39 is 23.7 Å². The maximum absolute atomic E-state index is 11.9. The van der Waals surface area contributed by atoms with Crippen LogP contribution in [0.25, 0.3) is 0 Å². The SMILES string of the molecule is COc1ccc(COC2CCC(C[C@H](NC(=O)OC(C)(C)C)C(=O)O)CC2)cc1. The molecule has 1 aliphatic carbocycles. The summed E-state index contributed by atoms with van der Waals surface area (Å²) in [5.41, 5.74) is 0.437. The van der Waals surface area contributed by atoms with Gasteiger partial charge in [-0.15, -0.1) is 0 Å². The van der Waals surface area contributed by atoms with Crippen LogP contribution >= 0.6 is 0 Å². The summed E-state index contributed by atoms with van der Waals surface area (Å²) in [6.07, 6.45) is 3.43. The fourth-order valence-corrected chi connectivity index (χ4v) is 3.47. The lowest BCUT2D eigenvalue weighted by Crippen LogP contribution is -2.44. The van der Waals surface area contributed by atoms with Gasteiger partial charge in [0, 0.05) is 0 Å². The smallest absolute Gasteiger partial charge is 0.408 e. The summed E-state index contributed by atoms with van der Waals surface area (Å²) in [7, 11) is 1.64. The standard InChI is InChI=1S/C22H33NO6/c1-22(2,3)29-21(26)23-19(20(24)25)13-15-5-11-18(12-6-15)28-14-16-7-9-17(27-4)10-8-16/h7-10,15,18-19H,5-6,11-14H2,1-4H3,(H,23,26)(H,24,25)/t15?,18?,19-/m0/s1. The number of nitrogens with one attached hydrogen (secondary N) is 1. The Morgan fingerprint density at radius 1 is 1.14 bits per heavy atom. The minimum Gasteiger partial charge on any atom is -0.497 e. The molecular weight excluding hydrogens is 374 g/mol. The van der Waals surface area contributed by atoms with Gasteiger partial charge in [0.15, 0.2) is 0 Å². The Balaban J connectivity index is 1.75. The van der Waals surface area contributed by atoms with Crippen LogP contribution in [0.5, 0.6) is 5.75 Å². The largest absolute Gasteiger partial charge is 0.497 e. The maximum atomic E-state index is 11.9. The van der Waals surface area contributed by atoms with Gasteiger partial charge in [-0.2, -0.15) is 0 Å². The molecule has 0 saturated heterocycles. The number of methoxy groups -OCH3 is 1. The van der Waals surface area contributed by atoms with Crippen LogP contribution in [0.2, 0.25) is 0 Å². The molecule has 29 heavy (non-hydrogen) atoms. The number of ether oxygens (including phenoxy) is 3. The number of hydrogen-bond donors (Lipinski definition) is 2. The average molecular weight is 408 g/mol. The molecule has 7 heteroatoms. The molecule has 2 N–H and O–H groups in total. The third kappa shape index (κ3) is 8.31. The van der Waals surface area contributed by atoms with Crippen LogP contribution in [0.1, 0.15) is 58.4 Å². The number of carbonyl (C=O) groups is 2. The van der Waals surface area contributed by atoms with Crippen LogP contribution in [0, 0.1) is 5.92 Å². The molecule has 1 amide bonds. The van der Waals surface area contributed by atoms with Crippen molar-refractivity contribution < 1.29 is 28.9 Å². The number of carboxylic acid groups (broad SMARTS) is 1. The van der Waals surface area contributed by atoms with E-state index in [-0.39, 0.29) is 12.0 Å². The quantitative estimate of drug-likeness (QED) is 0.673. The second-order valence-corrected chi connectivity index (χ2v) is 8.57. The first-order valence-corrected chi connectivity index (χ1v) is 10.1. The topological polar surface area (TPSA) is 94.1 Å². The third-order valence-electron chi connectivity index (χ3n) is 5.00. The Morgan fingerprint density at radius 2 is 1.76 bits per heavy atom. The highest BCUT2D eigenvalue weighted by Crippen LogP contribution is 2.30. The highest BCUT2D eigenvalue weighted by molar-refractivity contribution is 5.80. The van der Waals surface area contributed by atoms with E-state index in [1.54, 1.807) is 27.9 Å². The van der Waals surface area contributed by atoms with E-state index in [1.807, 2.05) is 24.3 Å². The Morgan fingerprint density at radius 3 is 2.28 bits per heavy atom. The van der Waals surface area contributed by atoms with Gasteiger partial charge in [0.1, 0.15) is 17.4 Å². The van der Waals surface area contributed by atoms with E-state index in [9.17, 15) is 14.7 Å². The molecule has 1 aromatic rings. The van der Waals surface area contributed by atoms with Gasteiger partial charge in [-0.25, -0.2) is 9.59 Å². The Labute approximate surface area is 172 Å². The van der Waals surface area contributed by atoms with E-state index in [0.29, 0.717) is 13.0 Å². The van der Waals surface area contributed by atoms with Crippen molar-refractivity contribution in [1.82, 2.24) is 5.32 Å². The van der Waals surface area contributed by atoms with Crippen LogP contribution in [-0.2, 0) is 20.9 Å². The predicted molar refractivity (Wildman–Crippen MR) is 109 cm³/mol. The summed E-state index contributed by atoms with van der Waals surface area (Å²) < 4.78 is 16.3. The number of aliphatic carboxylic acids is 1. The summed E-state index contributed by atoms with van der Waals surface area (Å²) >= 11 is 0. The van der Waals surface area contributed by atoms with E-state index in [4.69, 9.17) is 14.2 Å². The fraction of sp³-hybridized carbons (Fsp3) is 0.636. The van der Waals surface area contributed by atoms with Gasteiger partial charge in [-0.1, -0.05) is 12.1 Å². The molecule has 0 unspecified atom stereocenters. The third-order valence-corrected chi connectivity index (χ3v) is 5.00. The van der Waals surface area contributed by atoms with Gasteiger partial charge < -0.3 is 24.6 Å². The highest BCUT2D eigenvalue weighted by Gasteiger charge is 2.29. The first-order chi connectivity index (χ1) is 13.7. The Kier molecular flexibility index (Phi) is 8.32. The molecule has 162 valence electrons. The normalized spacial score (nSPS) is 20.6. The number of benzene rings is 1. The van der Waals surface area contributed by atoms with Crippen LogP contribution in [0.4, 0.5) is 4.79 Å². The van der Waals surface area contributed by atoms with Gasteiger partial charge >= 0.3 is 12.1 Å². The summed E-state index contributed by atoms with van der Waals surface area (Å²) in [6.45, 7) is 5.79. The highest BCUT2D eigenvalue weighted by atomic mass is 16.6. The summed E-state index contributed by atoms with van der Waals surface area (Å²) in [5.74, 6) is 0.0304. The molecular formula is C22H33NO6. The van der Waals surface area contributed by atoms with Crippen molar-refractivity contribution in [1.29, 1.82) is 0 Å². The molecule has 0 radical (unpaired) electrons. The zero-order valence-corrected chi connectivity index (χ0v) is 17.8. The second-order valence-electron chi connectivity index (χ2n) is 8.57. The molecule has 0 aliphatic heterocycles. The maximum Gasteiger partial charge on any atom is 0.408 e. The van der Waals surface area contributed by atoms with Crippen molar-refractivity contribution in [3.8, 4) is 5.75 Å². The van der Waals surface area contributed by atoms with Crippen LogP contribution in [-0.4, -0.2) is 42.0 Å². The molecule has 1 aliphatic rings. The first-order valence-electron chi connectivity index (χ1n) is 10.1. The molecule has 1 fully saturated rings. The van der Waals surface area contributed by atoms with Crippen LogP contribution in [0.15, 0.2) is 24.3 Å². The van der Waals surface area contributed by atoms with Crippen molar-refractivity contribution in [2.45, 2.75) is 77.2 Å². The molecule has 1 saturated carbocycles. The zero-order valence-electron chi connectivity index (χ0n) is 17.8. The molecule has 0 heterocycles. The van der Waals surface area contributed by atoms with Gasteiger partial charge in [0.05, 0.1) is 19.8 Å². The molecule has 0 aromatic heterocycles. The van der Waals surface area contributed by atoms with E-state index in [1.165, 1.54) is 0 Å². The summed E-state index contributed by atoms with van der Waals surface area (Å²) in [4.78, 5) is 23.4. The zero-order chi connectivity index (χ0) is 21.4. The lowest BCUT2D eigenvalue weighted by Gasteiger charge is -2.30. The summed E-state index contributed by atoms with van der Waals surface area (Å²) in [6, 6.07) is 6.87. The van der Waals surface area contributed by atoms with Crippen LogP contribution in [0.3, 0.4) is 0 Å². The van der Waals surface area contributed by atoms with Crippen molar-refractivity contribution in [3.63, 3.8) is 0 Å². The van der Waals surface area contributed by atoms with E-state index in [2.05, 4.69) is 5.32 Å². The van der Waals surface area contributed by atoms with E-state index in [0.717, 1.165) is 37.0 Å². The first kappa shape index (κ1) is 23.0. The predicted octanol–water partition coefficient (Wildman–Crippen LogP) is 4.14. The van der Waals surface area contributed by atoms with Gasteiger partial charge in [0.25, 0.3) is 0 Å². The van der Waals surface area contributed by atoms with E-state index >= 15 is 0 Å². The van der Waals surface area contributed by atoms with Crippen molar-refractivity contribution in [2.24, 2.45) is 5.92 Å². The number of carbonyl (C=O) groups excluding carboxylic acids is 1. The van der Waals surface area contributed by atoms with Gasteiger partial charge in [-0.05, 0) is 76.5 Å². The molecule has 1 atom stereocenters. The number of amides is 1. The van der Waals surface area contributed by atoms with Crippen molar-refractivity contribution in [3.05, 3.63) is 29.8 Å². The lowest BCUT2D eigenvalue weighted by atomic mass is 9.83. The fourth-order valence-electron chi connectivity index (χ4n) is 3.47. The number of alkyl carbamates (subject to hydrolysis) is 1. The monoisotopic (exact) mass is 407 g/mol. The van der Waals surface area contributed by atoms with Gasteiger partial charge in [-0.3, -0.25) is 0 Å². The second kappa shape index (κ2) is 10.5. The minimum absolute atomic E-state index is 0.176. The molecule has 7 nitrogen and oxygen atoms in total. The Bertz CT molecular complexity index is 659. The average Bonchev–Trinajstić information content (AvgIpc) is 2.65. The number of rotatable bonds is 8. The molecule has 0 bridgehead atoms. The van der Waals surface area contributed by atoms with Crippen LogP contribution < -0.4 is 10.1 Å². The van der Waals surface area contributed by atoms with Gasteiger partial charge in [0.2, 0.25) is 0 Å².